The number of hydrazone groups is 1. The molecule has 0 aromatic heterocycles. The normalized spacial score (nSPS) is 17.1. The minimum absolute atomic E-state index is 0.102. The number of sulfonamides is 1. The summed E-state index contributed by atoms with van der Waals surface area (Å²) in [7, 11) is -3.86. The highest BCUT2D eigenvalue weighted by molar-refractivity contribution is 7.89. The maximum atomic E-state index is 12.9. The molecule has 160 valence electrons. The highest BCUT2D eigenvalue weighted by atomic mass is 32.2. The summed E-state index contributed by atoms with van der Waals surface area (Å²) in [4.78, 5) is 14.6. The van der Waals surface area contributed by atoms with E-state index < -0.39 is 16.1 Å². The summed E-state index contributed by atoms with van der Waals surface area (Å²) in [6.45, 7) is 0.855. The highest BCUT2D eigenvalue weighted by Crippen LogP contribution is 2.23. The SMILES string of the molecule is NN=Cc1cccc(CN2CC[C@H](NS(=O)(=O)c3ccc4ccc(N)cc4c3)C2=O)c1. The Balaban J connectivity index is 1.48. The van der Waals surface area contributed by atoms with Crippen molar-refractivity contribution in [3.05, 3.63) is 71.8 Å². The molecule has 0 unspecified atom stereocenters. The fourth-order valence-corrected chi connectivity index (χ4v) is 5.01. The third-order valence-corrected chi connectivity index (χ3v) is 6.76. The van der Waals surface area contributed by atoms with Crippen LogP contribution in [0.25, 0.3) is 10.8 Å². The molecule has 0 spiro atoms. The molecule has 0 radical (unpaired) electrons. The van der Waals surface area contributed by atoms with Crippen molar-refractivity contribution in [1.29, 1.82) is 0 Å². The minimum atomic E-state index is -3.86. The maximum Gasteiger partial charge on any atom is 0.241 e. The molecule has 1 heterocycles. The van der Waals surface area contributed by atoms with Crippen molar-refractivity contribution in [2.24, 2.45) is 10.9 Å². The van der Waals surface area contributed by atoms with Gasteiger partial charge in [0.1, 0.15) is 6.04 Å². The van der Waals surface area contributed by atoms with Gasteiger partial charge in [0.05, 0.1) is 11.1 Å². The number of nitrogens with one attached hydrogen (secondary N) is 1. The van der Waals surface area contributed by atoms with Crippen molar-refractivity contribution in [3.63, 3.8) is 0 Å². The van der Waals surface area contributed by atoms with E-state index in [9.17, 15) is 13.2 Å². The Morgan fingerprint density at radius 2 is 1.90 bits per heavy atom. The van der Waals surface area contributed by atoms with Gasteiger partial charge in [-0.15, -0.1) is 0 Å². The summed E-state index contributed by atoms with van der Waals surface area (Å²) in [5, 5.41) is 5.12. The Morgan fingerprint density at radius 1 is 1.10 bits per heavy atom. The van der Waals surface area contributed by atoms with Gasteiger partial charge in [-0.3, -0.25) is 4.79 Å². The largest absolute Gasteiger partial charge is 0.399 e. The van der Waals surface area contributed by atoms with Crippen LogP contribution in [0.2, 0.25) is 0 Å². The minimum Gasteiger partial charge on any atom is -0.399 e. The number of benzene rings is 3. The lowest BCUT2D eigenvalue weighted by atomic mass is 10.1. The van der Waals surface area contributed by atoms with Crippen LogP contribution in [0, 0.1) is 0 Å². The summed E-state index contributed by atoms with van der Waals surface area (Å²) < 4.78 is 28.4. The van der Waals surface area contributed by atoms with E-state index in [1.807, 2.05) is 30.3 Å². The third kappa shape index (κ3) is 4.52. The predicted molar refractivity (Wildman–Crippen MR) is 121 cm³/mol. The maximum absolute atomic E-state index is 12.9. The van der Waals surface area contributed by atoms with Gasteiger partial charge < -0.3 is 16.5 Å². The molecule has 8 nitrogen and oxygen atoms in total. The Hall–Kier alpha value is -3.43. The van der Waals surface area contributed by atoms with Crippen molar-refractivity contribution < 1.29 is 13.2 Å². The van der Waals surface area contributed by atoms with Crippen molar-refractivity contribution >= 4 is 38.6 Å². The molecule has 0 saturated carbocycles. The van der Waals surface area contributed by atoms with Crippen LogP contribution in [0.1, 0.15) is 17.5 Å². The van der Waals surface area contributed by atoms with Gasteiger partial charge in [0.15, 0.2) is 0 Å². The summed E-state index contributed by atoms with van der Waals surface area (Å²) in [5.41, 5.74) is 8.12. The number of nitrogens with zero attached hydrogens (tertiary/aromatic N) is 2. The number of amides is 1. The molecule has 4 rings (SSSR count). The number of likely N-dealkylation sites (tertiary alicyclic amines) is 1. The van der Waals surface area contributed by atoms with Gasteiger partial charge >= 0.3 is 0 Å². The van der Waals surface area contributed by atoms with E-state index in [4.69, 9.17) is 11.6 Å². The Labute approximate surface area is 180 Å². The number of carbonyl (C=O) groups excluding carboxylic acids is 1. The first kappa shape index (κ1) is 20.8. The van der Waals surface area contributed by atoms with E-state index in [0.29, 0.717) is 25.2 Å². The van der Waals surface area contributed by atoms with E-state index in [1.54, 1.807) is 29.2 Å². The highest BCUT2D eigenvalue weighted by Gasteiger charge is 2.34. The monoisotopic (exact) mass is 437 g/mol. The lowest BCUT2D eigenvalue weighted by molar-refractivity contribution is -0.129. The van der Waals surface area contributed by atoms with Crippen LogP contribution in [0.4, 0.5) is 5.69 Å². The summed E-state index contributed by atoms with van der Waals surface area (Å²) in [5.74, 6) is 4.95. The molecule has 3 aromatic rings. The van der Waals surface area contributed by atoms with Gasteiger partial charge in [-0.05, 0) is 58.7 Å². The Bertz CT molecular complexity index is 1270. The average molecular weight is 438 g/mol. The third-order valence-electron chi connectivity index (χ3n) is 5.29. The zero-order valence-electron chi connectivity index (χ0n) is 16.7. The Kier molecular flexibility index (Phi) is 5.62. The molecule has 3 aromatic carbocycles. The summed E-state index contributed by atoms with van der Waals surface area (Å²) in [6, 6.07) is 16.9. The van der Waals surface area contributed by atoms with Gasteiger partial charge in [-0.1, -0.05) is 30.3 Å². The second kappa shape index (κ2) is 8.37. The predicted octanol–water partition coefficient (Wildman–Crippen LogP) is 1.79. The standard InChI is InChI=1S/C22H23N5O3S/c23-19-6-4-17-5-7-20(12-18(17)11-19)31(29,30)26-21-8-9-27(22(21)28)14-16-3-1-2-15(10-16)13-25-24/h1-7,10-13,21,26H,8-9,14,23-24H2/t21-/m0/s1. The van der Waals surface area contributed by atoms with E-state index in [2.05, 4.69) is 9.82 Å². The number of anilines is 1. The van der Waals surface area contributed by atoms with E-state index in [-0.39, 0.29) is 10.8 Å². The van der Waals surface area contributed by atoms with E-state index in [0.717, 1.165) is 21.9 Å². The molecular weight excluding hydrogens is 414 g/mol. The number of carbonyl (C=O) groups is 1. The van der Waals surface area contributed by atoms with Crippen molar-refractivity contribution in [3.8, 4) is 0 Å². The van der Waals surface area contributed by atoms with Crippen LogP contribution < -0.4 is 16.3 Å². The molecule has 31 heavy (non-hydrogen) atoms. The zero-order valence-corrected chi connectivity index (χ0v) is 17.5. The first-order valence-corrected chi connectivity index (χ1v) is 11.3. The lowest BCUT2D eigenvalue weighted by Crippen LogP contribution is -2.41. The van der Waals surface area contributed by atoms with Gasteiger partial charge in [0.2, 0.25) is 15.9 Å². The molecule has 1 fully saturated rings. The molecule has 0 aliphatic carbocycles. The Morgan fingerprint density at radius 3 is 2.71 bits per heavy atom. The van der Waals surface area contributed by atoms with Crippen molar-refractivity contribution in [2.75, 3.05) is 12.3 Å². The van der Waals surface area contributed by atoms with Crippen LogP contribution in [-0.2, 0) is 21.4 Å². The first-order chi connectivity index (χ1) is 14.9. The van der Waals surface area contributed by atoms with Gasteiger partial charge in [0, 0.05) is 18.8 Å². The molecule has 1 amide bonds. The molecule has 0 bridgehead atoms. The number of nitrogen functional groups attached to an aromatic ring is 1. The fourth-order valence-electron chi connectivity index (χ4n) is 3.75. The van der Waals surface area contributed by atoms with Crippen LogP contribution in [0.5, 0.6) is 0 Å². The number of hydrogen-bond acceptors (Lipinski definition) is 6. The quantitative estimate of drug-likeness (QED) is 0.234. The van der Waals surface area contributed by atoms with Gasteiger partial charge in [-0.25, -0.2) is 8.42 Å². The van der Waals surface area contributed by atoms with Crippen LogP contribution >= 0.6 is 0 Å². The van der Waals surface area contributed by atoms with E-state index in [1.165, 1.54) is 12.3 Å². The molecular formula is C22H23N5O3S. The van der Waals surface area contributed by atoms with Crippen molar-refractivity contribution in [2.45, 2.75) is 23.9 Å². The molecule has 1 aliphatic rings. The number of rotatable bonds is 6. The smallest absolute Gasteiger partial charge is 0.241 e. The van der Waals surface area contributed by atoms with Crippen LogP contribution in [-0.4, -0.2) is 38.0 Å². The van der Waals surface area contributed by atoms with E-state index >= 15 is 0 Å². The van der Waals surface area contributed by atoms with Crippen molar-refractivity contribution in [1.82, 2.24) is 9.62 Å². The number of hydrogen-bond donors (Lipinski definition) is 3. The summed E-state index contributed by atoms with van der Waals surface area (Å²) in [6.07, 6.45) is 1.94. The van der Waals surface area contributed by atoms with Gasteiger partial charge in [-0.2, -0.15) is 9.82 Å². The molecule has 1 saturated heterocycles. The second-order valence-corrected chi connectivity index (χ2v) is 9.23. The first-order valence-electron chi connectivity index (χ1n) is 9.78. The molecule has 1 atom stereocenters. The van der Waals surface area contributed by atoms with Crippen LogP contribution in [0.3, 0.4) is 0 Å². The van der Waals surface area contributed by atoms with Gasteiger partial charge in [0.25, 0.3) is 0 Å². The van der Waals surface area contributed by atoms with Crippen LogP contribution in [0.15, 0.2) is 70.7 Å². The number of fused-ring (bicyclic) bond motifs is 1. The molecule has 5 N–H and O–H groups in total. The molecule has 9 heteroatoms. The average Bonchev–Trinajstić information content (AvgIpc) is 3.07. The number of nitrogens with two attached hydrogens (primary N) is 2. The molecule has 1 aliphatic heterocycles. The topological polar surface area (TPSA) is 131 Å². The lowest BCUT2D eigenvalue weighted by Gasteiger charge is -2.18. The second-order valence-electron chi connectivity index (χ2n) is 7.51. The fraction of sp³-hybridized carbons (Fsp3) is 0.182. The summed E-state index contributed by atoms with van der Waals surface area (Å²) >= 11 is 0. The zero-order chi connectivity index (χ0) is 22.0.